The number of ether oxygens (including phenoxy) is 3. The molecule has 0 unspecified atom stereocenters. The van der Waals surface area contributed by atoms with E-state index in [0.717, 1.165) is 16.6 Å². The third-order valence-corrected chi connectivity index (χ3v) is 4.71. The van der Waals surface area contributed by atoms with Crippen molar-refractivity contribution >= 4 is 27.5 Å². The quantitative estimate of drug-likeness (QED) is 0.487. The Morgan fingerprint density at radius 2 is 1.70 bits per heavy atom. The first-order valence-electron chi connectivity index (χ1n) is 9.04. The zero-order valence-electron chi connectivity index (χ0n) is 16.0. The van der Waals surface area contributed by atoms with Gasteiger partial charge in [-0.1, -0.05) is 26.2 Å². The maximum atomic E-state index is 12.5. The summed E-state index contributed by atoms with van der Waals surface area (Å²) in [5, 5.41) is 2.86. The normalized spacial score (nSPS) is 10.4. The molecular formula is C21H26BrNO4. The van der Waals surface area contributed by atoms with Gasteiger partial charge in [-0.15, -0.1) is 0 Å². The predicted molar refractivity (Wildman–Crippen MR) is 111 cm³/mol. The summed E-state index contributed by atoms with van der Waals surface area (Å²) in [4.78, 5) is 12.5. The lowest BCUT2D eigenvalue weighted by molar-refractivity contribution is 0.102. The molecule has 0 spiro atoms. The van der Waals surface area contributed by atoms with Crippen LogP contribution in [0, 0.1) is 0 Å². The fourth-order valence-corrected chi connectivity index (χ4v) is 3.08. The van der Waals surface area contributed by atoms with E-state index in [1.54, 1.807) is 44.6 Å². The third kappa shape index (κ3) is 6.17. The van der Waals surface area contributed by atoms with E-state index in [0.29, 0.717) is 29.4 Å². The van der Waals surface area contributed by atoms with Crippen molar-refractivity contribution in [2.24, 2.45) is 0 Å². The van der Waals surface area contributed by atoms with Gasteiger partial charge in [-0.05, 0) is 52.7 Å². The number of carbonyl (C=O) groups excluding carboxylic acids is 1. The molecule has 0 fully saturated rings. The highest BCUT2D eigenvalue weighted by atomic mass is 79.9. The molecule has 0 aliphatic heterocycles. The number of nitrogens with one attached hydrogen (secondary N) is 1. The molecule has 0 aliphatic rings. The average molecular weight is 436 g/mol. The SMILES string of the molecule is CCCCCCOc1ccc(C(=O)Nc2ccc(OC)c(OC)c2)cc1Br. The maximum Gasteiger partial charge on any atom is 0.255 e. The molecular weight excluding hydrogens is 410 g/mol. The fraction of sp³-hybridized carbons (Fsp3) is 0.381. The largest absolute Gasteiger partial charge is 0.493 e. The van der Waals surface area contributed by atoms with Crippen molar-refractivity contribution < 1.29 is 19.0 Å². The summed E-state index contributed by atoms with van der Waals surface area (Å²) in [6, 6.07) is 10.6. The Kier molecular flexibility index (Phi) is 8.45. The number of amides is 1. The number of unbranched alkanes of at least 4 members (excludes halogenated alkanes) is 3. The van der Waals surface area contributed by atoms with Crippen LogP contribution in [0.15, 0.2) is 40.9 Å². The number of halogens is 1. The second-order valence-corrected chi connectivity index (χ2v) is 6.93. The van der Waals surface area contributed by atoms with Crippen LogP contribution in [0.1, 0.15) is 43.0 Å². The van der Waals surface area contributed by atoms with E-state index in [-0.39, 0.29) is 5.91 Å². The van der Waals surface area contributed by atoms with Gasteiger partial charge in [0.15, 0.2) is 11.5 Å². The summed E-state index contributed by atoms with van der Waals surface area (Å²) in [7, 11) is 3.13. The summed E-state index contributed by atoms with van der Waals surface area (Å²) in [6.45, 7) is 2.86. The molecule has 1 amide bonds. The van der Waals surface area contributed by atoms with Crippen LogP contribution in [0.2, 0.25) is 0 Å². The van der Waals surface area contributed by atoms with Crippen LogP contribution in [0.5, 0.6) is 17.2 Å². The van der Waals surface area contributed by atoms with Gasteiger partial charge in [0.1, 0.15) is 5.75 Å². The molecule has 6 heteroatoms. The summed E-state index contributed by atoms with van der Waals surface area (Å²) in [6.07, 6.45) is 4.62. The van der Waals surface area contributed by atoms with E-state index in [1.165, 1.54) is 19.3 Å². The zero-order valence-corrected chi connectivity index (χ0v) is 17.6. The van der Waals surface area contributed by atoms with E-state index in [2.05, 4.69) is 28.2 Å². The summed E-state index contributed by atoms with van der Waals surface area (Å²) < 4.78 is 17.0. The van der Waals surface area contributed by atoms with Gasteiger partial charge >= 0.3 is 0 Å². The Morgan fingerprint density at radius 1 is 0.963 bits per heavy atom. The van der Waals surface area contributed by atoms with Crippen LogP contribution in [0.25, 0.3) is 0 Å². The van der Waals surface area contributed by atoms with Gasteiger partial charge in [0.05, 0.1) is 25.3 Å². The fourth-order valence-electron chi connectivity index (χ4n) is 2.59. The summed E-state index contributed by atoms with van der Waals surface area (Å²) in [5.41, 5.74) is 1.17. The van der Waals surface area contributed by atoms with Crippen molar-refractivity contribution in [2.75, 3.05) is 26.1 Å². The van der Waals surface area contributed by atoms with Gasteiger partial charge in [0, 0.05) is 17.3 Å². The Bertz CT molecular complexity index is 764. The standard InChI is InChI=1S/C21H26BrNO4/c1-4-5-6-7-12-27-18-10-8-15(13-17(18)22)21(24)23-16-9-11-19(25-2)20(14-16)26-3/h8-11,13-14H,4-7,12H2,1-3H3,(H,23,24). The van der Waals surface area contributed by atoms with Crippen LogP contribution in [0.3, 0.4) is 0 Å². The average Bonchev–Trinajstić information content (AvgIpc) is 2.68. The van der Waals surface area contributed by atoms with Crippen molar-refractivity contribution in [3.8, 4) is 17.2 Å². The number of hydrogen-bond donors (Lipinski definition) is 1. The molecule has 0 saturated heterocycles. The number of hydrogen-bond acceptors (Lipinski definition) is 4. The van der Waals surface area contributed by atoms with Gasteiger partial charge in [0.25, 0.3) is 5.91 Å². The van der Waals surface area contributed by atoms with Gasteiger partial charge in [-0.2, -0.15) is 0 Å². The monoisotopic (exact) mass is 435 g/mol. The first-order chi connectivity index (χ1) is 13.1. The lowest BCUT2D eigenvalue weighted by Crippen LogP contribution is -2.12. The number of anilines is 1. The Labute approximate surface area is 169 Å². The van der Waals surface area contributed by atoms with E-state index >= 15 is 0 Å². The molecule has 0 bridgehead atoms. The molecule has 0 atom stereocenters. The minimum Gasteiger partial charge on any atom is -0.493 e. The molecule has 2 aromatic carbocycles. The van der Waals surface area contributed by atoms with Gasteiger partial charge in [0.2, 0.25) is 0 Å². The zero-order chi connectivity index (χ0) is 19.6. The first kappa shape index (κ1) is 21.1. The minimum atomic E-state index is -0.211. The number of rotatable bonds is 10. The van der Waals surface area contributed by atoms with Crippen molar-refractivity contribution in [1.82, 2.24) is 0 Å². The highest BCUT2D eigenvalue weighted by Crippen LogP contribution is 2.30. The molecule has 0 radical (unpaired) electrons. The Morgan fingerprint density at radius 3 is 2.37 bits per heavy atom. The lowest BCUT2D eigenvalue weighted by atomic mass is 10.2. The van der Waals surface area contributed by atoms with Crippen LogP contribution >= 0.6 is 15.9 Å². The van der Waals surface area contributed by atoms with E-state index < -0.39 is 0 Å². The van der Waals surface area contributed by atoms with Crippen molar-refractivity contribution in [3.63, 3.8) is 0 Å². The second-order valence-electron chi connectivity index (χ2n) is 6.08. The molecule has 0 aliphatic carbocycles. The summed E-state index contributed by atoms with van der Waals surface area (Å²) in [5.74, 6) is 1.70. The molecule has 5 nitrogen and oxygen atoms in total. The number of carbonyl (C=O) groups is 1. The van der Waals surface area contributed by atoms with Gasteiger partial charge in [-0.3, -0.25) is 4.79 Å². The van der Waals surface area contributed by atoms with Crippen LogP contribution in [-0.4, -0.2) is 26.7 Å². The molecule has 27 heavy (non-hydrogen) atoms. The molecule has 146 valence electrons. The lowest BCUT2D eigenvalue weighted by Gasteiger charge is -2.12. The molecule has 0 heterocycles. The topological polar surface area (TPSA) is 56.8 Å². The highest BCUT2D eigenvalue weighted by molar-refractivity contribution is 9.10. The van der Waals surface area contributed by atoms with Crippen molar-refractivity contribution in [2.45, 2.75) is 32.6 Å². The van der Waals surface area contributed by atoms with Crippen LogP contribution < -0.4 is 19.5 Å². The molecule has 0 aromatic heterocycles. The van der Waals surface area contributed by atoms with E-state index in [1.807, 2.05) is 6.07 Å². The first-order valence-corrected chi connectivity index (χ1v) is 9.84. The van der Waals surface area contributed by atoms with E-state index in [9.17, 15) is 4.79 Å². The highest BCUT2D eigenvalue weighted by Gasteiger charge is 2.11. The van der Waals surface area contributed by atoms with Gasteiger partial charge < -0.3 is 19.5 Å². The summed E-state index contributed by atoms with van der Waals surface area (Å²) >= 11 is 3.48. The number of benzene rings is 2. The number of methoxy groups -OCH3 is 2. The molecule has 1 N–H and O–H groups in total. The Balaban J connectivity index is 1.99. The van der Waals surface area contributed by atoms with Crippen LogP contribution in [0.4, 0.5) is 5.69 Å². The van der Waals surface area contributed by atoms with Crippen molar-refractivity contribution in [1.29, 1.82) is 0 Å². The van der Waals surface area contributed by atoms with Crippen molar-refractivity contribution in [3.05, 3.63) is 46.4 Å². The predicted octanol–water partition coefficient (Wildman–Crippen LogP) is 5.68. The van der Waals surface area contributed by atoms with Gasteiger partial charge in [-0.25, -0.2) is 0 Å². The maximum absolute atomic E-state index is 12.5. The molecule has 0 saturated carbocycles. The molecule has 2 aromatic rings. The third-order valence-electron chi connectivity index (χ3n) is 4.09. The Hall–Kier alpha value is -2.21. The smallest absolute Gasteiger partial charge is 0.255 e. The second kappa shape index (κ2) is 10.8. The van der Waals surface area contributed by atoms with E-state index in [4.69, 9.17) is 14.2 Å². The van der Waals surface area contributed by atoms with Crippen LogP contribution in [-0.2, 0) is 0 Å². The molecule has 2 rings (SSSR count). The minimum absolute atomic E-state index is 0.211.